The van der Waals surface area contributed by atoms with Gasteiger partial charge in [-0.2, -0.15) is 13.2 Å². The molecule has 1 aliphatic heterocycles. The first kappa shape index (κ1) is 24.5. The normalized spacial score (nSPS) is 19.2. The number of nitrogens with one attached hydrogen (secondary N) is 1. The highest BCUT2D eigenvalue weighted by Gasteiger charge is 2.38. The van der Waals surface area contributed by atoms with E-state index in [0.717, 1.165) is 24.9 Å². The van der Waals surface area contributed by atoms with Crippen LogP contribution in [0.1, 0.15) is 50.5 Å². The van der Waals surface area contributed by atoms with Crippen LogP contribution >= 0.6 is 0 Å². The highest BCUT2D eigenvalue weighted by atomic mass is 19.4. The van der Waals surface area contributed by atoms with Crippen LogP contribution in [0.2, 0.25) is 0 Å². The maximum absolute atomic E-state index is 10.6. The molecule has 5 nitrogen and oxygen atoms in total. The lowest BCUT2D eigenvalue weighted by Gasteiger charge is -2.35. The van der Waals surface area contributed by atoms with Gasteiger partial charge in [-0.05, 0) is 74.8 Å². The Morgan fingerprint density at radius 3 is 2.10 bits per heavy atom. The first-order valence-electron chi connectivity index (χ1n) is 10.7. The average Bonchev–Trinajstić information content (AvgIpc) is 2.71. The molecule has 1 aliphatic carbocycles. The average molecular weight is 431 g/mol. The molecular formula is C22H33F3N2O3. The highest BCUT2D eigenvalue weighted by Crippen LogP contribution is 2.26. The van der Waals surface area contributed by atoms with Crippen molar-refractivity contribution >= 4 is 5.97 Å². The molecule has 1 saturated heterocycles. The Morgan fingerprint density at radius 1 is 1.00 bits per heavy atom. The molecule has 0 radical (unpaired) electrons. The zero-order valence-corrected chi connectivity index (χ0v) is 17.3. The van der Waals surface area contributed by atoms with Gasteiger partial charge in [0.15, 0.2) is 0 Å². The number of hydrogen-bond acceptors (Lipinski definition) is 4. The van der Waals surface area contributed by atoms with E-state index in [1.54, 1.807) is 12.1 Å². The first-order valence-corrected chi connectivity index (χ1v) is 10.7. The van der Waals surface area contributed by atoms with Gasteiger partial charge in [0.2, 0.25) is 0 Å². The maximum Gasteiger partial charge on any atom is 0.490 e. The number of hydrogen-bond donors (Lipinski definition) is 3. The fraction of sp³-hybridized carbons (Fsp3) is 0.682. The van der Waals surface area contributed by atoms with Crippen LogP contribution in [0.25, 0.3) is 0 Å². The van der Waals surface area contributed by atoms with Gasteiger partial charge in [-0.1, -0.05) is 31.4 Å². The van der Waals surface area contributed by atoms with Crippen LogP contribution in [0.4, 0.5) is 13.2 Å². The van der Waals surface area contributed by atoms with Gasteiger partial charge in [0.05, 0.1) is 0 Å². The SMILES string of the molecule is O=C(O)C(F)(F)F.Oc1ccc(CNCC2CCN(CC3CCCCC3)CC2)cc1. The molecule has 1 heterocycles. The second-order valence-electron chi connectivity index (χ2n) is 8.35. The van der Waals surface area contributed by atoms with Crippen LogP contribution in [-0.2, 0) is 11.3 Å². The van der Waals surface area contributed by atoms with Gasteiger partial charge in [-0.3, -0.25) is 0 Å². The number of aliphatic carboxylic acids is 1. The Hall–Kier alpha value is -1.80. The summed E-state index contributed by atoms with van der Waals surface area (Å²) in [7, 11) is 0. The first-order chi connectivity index (χ1) is 14.2. The number of rotatable bonds is 6. The summed E-state index contributed by atoms with van der Waals surface area (Å²) < 4.78 is 31.7. The number of phenolic OH excluding ortho intramolecular Hbond substituents is 1. The molecule has 0 spiro atoms. The number of aromatic hydroxyl groups is 1. The Morgan fingerprint density at radius 2 is 1.57 bits per heavy atom. The summed E-state index contributed by atoms with van der Waals surface area (Å²) in [5.41, 5.74) is 1.25. The van der Waals surface area contributed by atoms with Crippen LogP contribution in [0.15, 0.2) is 24.3 Å². The molecule has 170 valence electrons. The molecule has 2 fully saturated rings. The molecule has 3 rings (SSSR count). The lowest BCUT2D eigenvalue weighted by molar-refractivity contribution is -0.192. The van der Waals surface area contributed by atoms with E-state index >= 15 is 0 Å². The number of carboxylic acid groups (broad SMARTS) is 1. The number of benzene rings is 1. The van der Waals surface area contributed by atoms with E-state index in [4.69, 9.17) is 9.90 Å². The number of carboxylic acids is 1. The predicted molar refractivity (Wildman–Crippen MR) is 109 cm³/mol. The van der Waals surface area contributed by atoms with Gasteiger partial charge in [0, 0.05) is 13.1 Å². The van der Waals surface area contributed by atoms with Crippen LogP contribution in [-0.4, -0.2) is 53.4 Å². The number of carbonyl (C=O) groups is 1. The van der Waals surface area contributed by atoms with Crippen molar-refractivity contribution in [2.45, 2.75) is 57.7 Å². The minimum atomic E-state index is -5.08. The summed E-state index contributed by atoms with van der Waals surface area (Å²) in [5.74, 6) is -0.603. The maximum atomic E-state index is 10.6. The molecule has 3 N–H and O–H groups in total. The topological polar surface area (TPSA) is 72.8 Å². The van der Waals surface area contributed by atoms with Crippen molar-refractivity contribution in [1.82, 2.24) is 10.2 Å². The van der Waals surface area contributed by atoms with Gasteiger partial charge in [-0.15, -0.1) is 0 Å². The number of piperidine rings is 1. The Balaban J connectivity index is 0.000000396. The number of nitrogens with zero attached hydrogens (tertiary/aromatic N) is 1. The quantitative estimate of drug-likeness (QED) is 0.624. The molecule has 0 aromatic heterocycles. The smallest absolute Gasteiger partial charge is 0.490 e. The number of likely N-dealkylation sites (tertiary alicyclic amines) is 1. The van der Waals surface area contributed by atoms with Crippen LogP contribution < -0.4 is 5.32 Å². The summed E-state index contributed by atoms with van der Waals surface area (Å²) in [6.45, 7) is 5.97. The molecule has 0 unspecified atom stereocenters. The number of phenols is 1. The van der Waals surface area contributed by atoms with Crippen molar-refractivity contribution in [2.24, 2.45) is 11.8 Å². The third kappa shape index (κ3) is 9.34. The molecule has 1 saturated carbocycles. The minimum Gasteiger partial charge on any atom is -0.508 e. The second kappa shape index (κ2) is 12.2. The Bertz CT molecular complexity index is 624. The number of alkyl halides is 3. The van der Waals surface area contributed by atoms with E-state index in [2.05, 4.69) is 10.2 Å². The third-order valence-corrected chi connectivity index (χ3v) is 5.89. The summed E-state index contributed by atoms with van der Waals surface area (Å²) in [6, 6.07) is 7.52. The van der Waals surface area contributed by atoms with Gasteiger partial charge >= 0.3 is 12.1 Å². The molecule has 2 aliphatic rings. The molecule has 0 bridgehead atoms. The van der Waals surface area contributed by atoms with Crippen molar-refractivity contribution in [3.63, 3.8) is 0 Å². The molecule has 0 atom stereocenters. The largest absolute Gasteiger partial charge is 0.508 e. The summed E-state index contributed by atoms with van der Waals surface area (Å²) in [4.78, 5) is 11.6. The molecule has 0 amide bonds. The van der Waals surface area contributed by atoms with Crippen LogP contribution in [0.5, 0.6) is 5.75 Å². The monoisotopic (exact) mass is 430 g/mol. The van der Waals surface area contributed by atoms with Gasteiger partial charge in [0.25, 0.3) is 0 Å². The van der Waals surface area contributed by atoms with E-state index in [1.807, 2.05) is 12.1 Å². The Labute approximate surface area is 176 Å². The lowest BCUT2D eigenvalue weighted by atomic mass is 9.88. The lowest BCUT2D eigenvalue weighted by Crippen LogP contribution is -2.39. The van der Waals surface area contributed by atoms with Crippen molar-refractivity contribution in [2.75, 3.05) is 26.2 Å². The van der Waals surface area contributed by atoms with Gasteiger partial charge in [0.1, 0.15) is 5.75 Å². The van der Waals surface area contributed by atoms with Crippen molar-refractivity contribution in [3.8, 4) is 5.75 Å². The third-order valence-electron chi connectivity index (χ3n) is 5.89. The highest BCUT2D eigenvalue weighted by molar-refractivity contribution is 5.73. The van der Waals surface area contributed by atoms with E-state index in [0.29, 0.717) is 5.75 Å². The van der Waals surface area contributed by atoms with Crippen molar-refractivity contribution < 1.29 is 28.2 Å². The summed E-state index contributed by atoms with van der Waals surface area (Å²) in [6.07, 6.45) is 4.92. The molecular weight excluding hydrogens is 397 g/mol. The van der Waals surface area contributed by atoms with Crippen molar-refractivity contribution in [1.29, 1.82) is 0 Å². The minimum absolute atomic E-state index is 0.346. The summed E-state index contributed by atoms with van der Waals surface area (Å²) in [5, 5.41) is 20.0. The zero-order chi connectivity index (χ0) is 22.0. The standard InChI is InChI=1S/C20H32N2O.C2HF3O2/c23-20-8-6-17(7-9-20)14-21-15-18-10-12-22(13-11-18)16-19-4-2-1-3-5-19;3-2(4,5)1(6)7/h6-9,18-19,21,23H,1-5,10-16H2;(H,6,7). The molecule has 1 aromatic carbocycles. The van der Waals surface area contributed by atoms with Crippen molar-refractivity contribution in [3.05, 3.63) is 29.8 Å². The van der Waals surface area contributed by atoms with Gasteiger partial charge in [-0.25, -0.2) is 4.79 Å². The van der Waals surface area contributed by atoms with E-state index in [9.17, 15) is 18.3 Å². The fourth-order valence-corrected chi connectivity index (χ4v) is 4.14. The predicted octanol–water partition coefficient (Wildman–Crippen LogP) is 4.41. The molecule has 1 aromatic rings. The Kier molecular flexibility index (Phi) is 9.91. The molecule has 30 heavy (non-hydrogen) atoms. The second-order valence-corrected chi connectivity index (χ2v) is 8.35. The summed E-state index contributed by atoms with van der Waals surface area (Å²) >= 11 is 0. The van der Waals surface area contributed by atoms with Gasteiger partial charge < -0.3 is 20.4 Å². The fourth-order valence-electron chi connectivity index (χ4n) is 4.14. The molecule has 8 heteroatoms. The van der Waals surface area contributed by atoms with E-state index < -0.39 is 12.1 Å². The number of halogens is 3. The van der Waals surface area contributed by atoms with E-state index in [-0.39, 0.29) is 0 Å². The zero-order valence-electron chi connectivity index (χ0n) is 17.3. The van der Waals surface area contributed by atoms with Crippen LogP contribution in [0, 0.1) is 11.8 Å². The van der Waals surface area contributed by atoms with E-state index in [1.165, 1.54) is 70.1 Å². The van der Waals surface area contributed by atoms with Crippen LogP contribution in [0.3, 0.4) is 0 Å².